The summed E-state index contributed by atoms with van der Waals surface area (Å²) in [5.74, 6) is 0.0704. The number of hydrogen-bond acceptors (Lipinski definition) is 1. The van der Waals surface area contributed by atoms with Gasteiger partial charge in [0.25, 0.3) is 5.91 Å². The number of rotatable bonds is 0. The van der Waals surface area contributed by atoms with Gasteiger partial charge in [0.2, 0.25) is 0 Å². The summed E-state index contributed by atoms with van der Waals surface area (Å²) in [5.41, 5.74) is 2.90. The number of amides is 1. The van der Waals surface area contributed by atoms with E-state index < -0.39 is 0 Å². The van der Waals surface area contributed by atoms with E-state index >= 15 is 0 Å². The van der Waals surface area contributed by atoms with Gasteiger partial charge in [-0.3, -0.25) is 4.79 Å². The number of benzene rings is 1. The van der Waals surface area contributed by atoms with Gasteiger partial charge >= 0.3 is 0 Å². The Kier molecular flexibility index (Phi) is 1.71. The first-order valence-corrected chi connectivity index (χ1v) is 5.34. The summed E-state index contributed by atoms with van der Waals surface area (Å²) in [4.78, 5) is 13.7. The molecule has 2 heterocycles. The van der Waals surface area contributed by atoms with Crippen LogP contribution in [0.15, 0.2) is 30.4 Å². The number of anilines is 1. The van der Waals surface area contributed by atoms with E-state index in [2.05, 4.69) is 6.58 Å². The monoisotopic (exact) mass is 219 g/mol. The van der Waals surface area contributed by atoms with Crippen molar-refractivity contribution in [2.45, 2.75) is 18.9 Å². The van der Waals surface area contributed by atoms with Gasteiger partial charge in [0.15, 0.2) is 0 Å². The van der Waals surface area contributed by atoms with Gasteiger partial charge in [0, 0.05) is 22.3 Å². The third-order valence-corrected chi connectivity index (χ3v) is 3.36. The van der Waals surface area contributed by atoms with E-state index in [0.717, 1.165) is 29.1 Å². The molecule has 1 fully saturated rings. The Labute approximate surface area is 93.1 Å². The minimum absolute atomic E-state index is 0.0704. The molecule has 3 heteroatoms. The molecule has 1 aromatic rings. The van der Waals surface area contributed by atoms with Crippen LogP contribution < -0.4 is 4.90 Å². The lowest BCUT2D eigenvalue weighted by atomic mass is 10.1. The maximum absolute atomic E-state index is 11.8. The molecule has 0 aliphatic carbocycles. The molecular formula is C12H10ClNO. The zero-order valence-corrected chi connectivity index (χ0v) is 8.92. The zero-order valence-electron chi connectivity index (χ0n) is 8.16. The largest absolute Gasteiger partial charge is 0.305 e. The number of carbonyl (C=O) groups is 1. The number of carbonyl (C=O) groups excluding carboxylic acids is 1. The zero-order chi connectivity index (χ0) is 10.6. The predicted octanol–water partition coefficient (Wildman–Crippen LogP) is 2.56. The van der Waals surface area contributed by atoms with E-state index in [1.54, 1.807) is 0 Å². The second-order valence-electron chi connectivity index (χ2n) is 4.11. The van der Waals surface area contributed by atoms with Gasteiger partial charge in [0.05, 0.1) is 0 Å². The molecule has 76 valence electrons. The highest BCUT2D eigenvalue weighted by molar-refractivity contribution is 6.30. The minimum Gasteiger partial charge on any atom is -0.305 e. The second kappa shape index (κ2) is 2.86. The van der Waals surface area contributed by atoms with Crippen molar-refractivity contribution in [3.05, 3.63) is 40.9 Å². The molecule has 2 nitrogen and oxygen atoms in total. The molecule has 2 aliphatic rings. The first kappa shape index (κ1) is 8.98. The first-order chi connectivity index (χ1) is 7.16. The molecule has 1 aromatic carbocycles. The number of fused-ring (bicyclic) bond motifs is 3. The number of halogens is 1. The van der Waals surface area contributed by atoms with Crippen LogP contribution in [-0.2, 0) is 11.2 Å². The highest BCUT2D eigenvalue weighted by atomic mass is 35.5. The maximum Gasteiger partial charge on any atom is 0.253 e. The van der Waals surface area contributed by atoms with Crippen LogP contribution in [0, 0.1) is 0 Å². The summed E-state index contributed by atoms with van der Waals surface area (Å²) in [7, 11) is 0. The van der Waals surface area contributed by atoms with Crippen molar-refractivity contribution in [1.29, 1.82) is 0 Å². The van der Waals surface area contributed by atoms with Crippen molar-refractivity contribution >= 4 is 23.2 Å². The maximum atomic E-state index is 11.8. The summed E-state index contributed by atoms with van der Waals surface area (Å²) in [6.45, 7) is 3.79. The van der Waals surface area contributed by atoms with Crippen molar-refractivity contribution in [2.24, 2.45) is 0 Å². The van der Waals surface area contributed by atoms with Crippen molar-refractivity contribution < 1.29 is 4.79 Å². The minimum atomic E-state index is 0.0704. The average Bonchev–Trinajstić information content (AvgIpc) is 2.64. The summed E-state index contributed by atoms with van der Waals surface area (Å²) in [5, 5.41) is 0.737. The topological polar surface area (TPSA) is 20.3 Å². The quantitative estimate of drug-likeness (QED) is 0.614. The molecule has 15 heavy (non-hydrogen) atoms. The van der Waals surface area contributed by atoms with Gasteiger partial charge in [-0.25, -0.2) is 0 Å². The van der Waals surface area contributed by atoms with Crippen LogP contribution in [0.1, 0.15) is 12.0 Å². The predicted molar refractivity (Wildman–Crippen MR) is 60.2 cm³/mol. The SMILES string of the molecule is C=C1CC2Cc3cc(Cl)ccc3N2C1=O. The third-order valence-electron chi connectivity index (χ3n) is 3.13. The van der Waals surface area contributed by atoms with E-state index in [-0.39, 0.29) is 11.9 Å². The second-order valence-corrected chi connectivity index (χ2v) is 4.55. The summed E-state index contributed by atoms with van der Waals surface area (Å²) in [6.07, 6.45) is 1.69. The normalized spacial score (nSPS) is 23.3. The van der Waals surface area contributed by atoms with Crippen molar-refractivity contribution in [3.63, 3.8) is 0 Å². The molecule has 0 N–H and O–H groups in total. The van der Waals surface area contributed by atoms with Gasteiger partial charge in [-0.2, -0.15) is 0 Å². The Hall–Kier alpha value is -1.28. The third kappa shape index (κ3) is 1.15. The molecule has 0 radical (unpaired) electrons. The van der Waals surface area contributed by atoms with Gasteiger partial charge in [0.1, 0.15) is 0 Å². The van der Waals surface area contributed by atoms with Gasteiger partial charge in [-0.05, 0) is 36.6 Å². The molecule has 0 saturated carbocycles. The number of nitrogens with zero attached hydrogens (tertiary/aromatic N) is 1. The van der Waals surface area contributed by atoms with Crippen molar-refractivity contribution in [2.75, 3.05) is 4.90 Å². The summed E-state index contributed by atoms with van der Waals surface area (Å²) in [6, 6.07) is 5.98. The Bertz CT molecular complexity index is 481. The fourth-order valence-electron chi connectivity index (χ4n) is 2.48. The van der Waals surface area contributed by atoms with E-state index in [1.807, 2.05) is 23.1 Å². The molecule has 1 saturated heterocycles. The molecule has 1 unspecified atom stereocenters. The molecular weight excluding hydrogens is 210 g/mol. The van der Waals surface area contributed by atoms with Crippen LogP contribution >= 0.6 is 11.6 Å². The molecule has 3 rings (SSSR count). The highest BCUT2D eigenvalue weighted by Crippen LogP contribution is 2.40. The van der Waals surface area contributed by atoms with Gasteiger partial charge in [-0.1, -0.05) is 18.2 Å². The Balaban J connectivity index is 2.11. The molecule has 2 aliphatic heterocycles. The Morgan fingerprint density at radius 3 is 3.00 bits per heavy atom. The molecule has 0 bridgehead atoms. The fraction of sp³-hybridized carbons (Fsp3) is 0.250. The molecule has 0 aromatic heterocycles. The number of hydrogen-bond donors (Lipinski definition) is 0. The smallest absolute Gasteiger partial charge is 0.253 e. The molecule has 1 amide bonds. The van der Waals surface area contributed by atoms with Gasteiger partial charge < -0.3 is 4.90 Å². The molecule has 0 spiro atoms. The van der Waals surface area contributed by atoms with Crippen LogP contribution in [0.2, 0.25) is 5.02 Å². The van der Waals surface area contributed by atoms with Crippen molar-refractivity contribution in [3.8, 4) is 0 Å². The van der Waals surface area contributed by atoms with Crippen LogP contribution in [0.3, 0.4) is 0 Å². The lowest BCUT2D eigenvalue weighted by Gasteiger charge is -2.15. The summed E-state index contributed by atoms with van der Waals surface area (Å²) >= 11 is 5.92. The fourth-order valence-corrected chi connectivity index (χ4v) is 2.67. The van der Waals surface area contributed by atoms with E-state index in [0.29, 0.717) is 0 Å². The Morgan fingerprint density at radius 2 is 2.20 bits per heavy atom. The van der Waals surface area contributed by atoms with Crippen LogP contribution in [0.25, 0.3) is 0 Å². The van der Waals surface area contributed by atoms with Crippen LogP contribution in [-0.4, -0.2) is 11.9 Å². The van der Waals surface area contributed by atoms with E-state index in [9.17, 15) is 4.79 Å². The van der Waals surface area contributed by atoms with Crippen molar-refractivity contribution in [1.82, 2.24) is 0 Å². The lowest BCUT2D eigenvalue weighted by molar-refractivity contribution is -0.114. The lowest BCUT2D eigenvalue weighted by Crippen LogP contribution is -2.28. The van der Waals surface area contributed by atoms with Crippen LogP contribution in [0.4, 0.5) is 5.69 Å². The first-order valence-electron chi connectivity index (χ1n) is 4.96. The Morgan fingerprint density at radius 1 is 1.40 bits per heavy atom. The molecule has 1 atom stereocenters. The van der Waals surface area contributed by atoms with Crippen LogP contribution in [0.5, 0.6) is 0 Å². The van der Waals surface area contributed by atoms with E-state index in [4.69, 9.17) is 11.6 Å². The highest BCUT2D eigenvalue weighted by Gasteiger charge is 2.40. The van der Waals surface area contributed by atoms with E-state index in [1.165, 1.54) is 5.56 Å². The summed E-state index contributed by atoms with van der Waals surface area (Å²) < 4.78 is 0. The standard InChI is InChI=1S/C12H10ClNO/c1-7-4-10-6-8-5-9(13)2-3-11(8)14(10)12(7)15/h2-3,5,10H,1,4,6H2. The average molecular weight is 220 g/mol. The van der Waals surface area contributed by atoms with Gasteiger partial charge in [-0.15, -0.1) is 0 Å².